The van der Waals surface area contributed by atoms with E-state index in [1.807, 2.05) is 19.2 Å². The molecule has 23 heavy (non-hydrogen) atoms. The summed E-state index contributed by atoms with van der Waals surface area (Å²) in [5.74, 6) is -1.48. The minimum absolute atomic E-state index is 0.118. The fourth-order valence-electron chi connectivity index (χ4n) is 2.09. The Kier molecular flexibility index (Phi) is 5.10. The third-order valence-electron chi connectivity index (χ3n) is 3.53. The summed E-state index contributed by atoms with van der Waals surface area (Å²) in [6.45, 7) is 5.12. The number of hydrogen-bond donors (Lipinski definition) is 2. The van der Waals surface area contributed by atoms with Crippen LogP contribution in [-0.4, -0.2) is 16.8 Å². The van der Waals surface area contributed by atoms with Crippen LogP contribution in [0.2, 0.25) is 0 Å². The molecule has 0 radical (unpaired) electrons. The summed E-state index contributed by atoms with van der Waals surface area (Å²) in [5, 5.41) is 7.96. The fraction of sp³-hybridized carbons (Fsp3) is 0.312. The number of carbonyl (C=O) groups is 2. The van der Waals surface area contributed by atoms with Crippen LogP contribution in [0.1, 0.15) is 42.6 Å². The monoisotopic (exact) mass is 335 g/mol. The number of rotatable bonds is 5. The molecule has 0 aliphatic rings. The molecule has 1 atom stereocenters. The summed E-state index contributed by atoms with van der Waals surface area (Å²) >= 11 is 1.43. The molecule has 2 aromatic rings. The van der Waals surface area contributed by atoms with E-state index in [1.54, 1.807) is 6.20 Å². The molecular weight excluding hydrogens is 317 g/mol. The smallest absolute Gasteiger partial charge is 0.255 e. The molecule has 0 fully saturated rings. The molecule has 0 aliphatic carbocycles. The van der Waals surface area contributed by atoms with Crippen molar-refractivity contribution in [2.24, 2.45) is 0 Å². The Morgan fingerprint density at radius 2 is 2.13 bits per heavy atom. The molecule has 0 saturated carbocycles. The van der Waals surface area contributed by atoms with Crippen LogP contribution < -0.4 is 10.6 Å². The topological polar surface area (TPSA) is 71.1 Å². The first kappa shape index (κ1) is 17.1. The van der Waals surface area contributed by atoms with Gasteiger partial charge in [0.2, 0.25) is 5.91 Å². The molecule has 0 bridgehead atoms. The lowest BCUT2D eigenvalue weighted by atomic mass is 9.99. The fourth-order valence-corrected chi connectivity index (χ4v) is 2.92. The van der Waals surface area contributed by atoms with Crippen molar-refractivity contribution in [1.29, 1.82) is 0 Å². The first-order valence-electron chi connectivity index (χ1n) is 7.15. The SMILES string of the molecule is CC[C@](C)(NC(=O)c1cc(NC(C)=O)ccc1F)c1nccs1. The molecule has 0 unspecified atom stereocenters. The van der Waals surface area contributed by atoms with Crippen molar-refractivity contribution < 1.29 is 14.0 Å². The van der Waals surface area contributed by atoms with Crippen molar-refractivity contribution in [3.8, 4) is 0 Å². The number of halogens is 1. The lowest BCUT2D eigenvalue weighted by Crippen LogP contribution is -2.43. The highest BCUT2D eigenvalue weighted by atomic mass is 32.1. The third-order valence-corrected chi connectivity index (χ3v) is 4.57. The van der Waals surface area contributed by atoms with Crippen molar-refractivity contribution in [2.45, 2.75) is 32.7 Å². The number of benzene rings is 1. The Hall–Kier alpha value is -2.28. The van der Waals surface area contributed by atoms with E-state index in [4.69, 9.17) is 0 Å². The molecule has 0 saturated heterocycles. The summed E-state index contributed by atoms with van der Waals surface area (Å²) in [6, 6.07) is 3.89. The summed E-state index contributed by atoms with van der Waals surface area (Å²) in [4.78, 5) is 27.8. The lowest BCUT2D eigenvalue weighted by molar-refractivity contribution is -0.114. The Balaban J connectivity index is 2.28. The van der Waals surface area contributed by atoms with Crippen molar-refractivity contribution in [3.05, 3.63) is 46.2 Å². The minimum atomic E-state index is -0.679. The van der Waals surface area contributed by atoms with E-state index in [9.17, 15) is 14.0 Å². The van der Waals surface area contributed by atoms with Crippen LogP contribution in [0.3, 0.4) is 0 Å². The van der Waals surface area contributed by atoms with Gasteiger partial charge in [-0.25, -0.2) is 9.37 Å². The van der Waals surface area contributed by atoms with Gasteiger partial charge in [-0.2, -0.15) is 0 Å². The average molecular weight is 335 g/mol. The van der Waals surface area contributed by atoms with Crippen LogP contribution in [0, 0.1) is 5.82 Å². The molecule has 1 aromatic heterocycles. The number of thiazole rings is 1. The summed E-state index contributed by atoms with van der Waals surface area (Å²) in [7, 11) is 0. The average Bonchev–Trinajstić information content (AvgIpc) is 3.03. The van der Waals surface area contributed by atoms with Crippen molar-refractivity contribution >= 4 is 28.8 Å². The maximum atomic E-state index is 14.0. The Bertz CT molecular complexity index is 718. The minimum Gasteiger partial charge on any atom is -0.340 e. The van der Waals surface area contributed by atoms with E-state index in [-0.39, 0.29) is 11.5 Å². The molecule has 0 spiro atoms. The van der Waals surface area contributed by atoms with Crippen LogP contribution in [0.25, 0.3) is 0 Å². The highest BCUT2D eigenvalue weighted by Gasteiger charge is 2.30. The van der Waals surface area contributed by atoms with Gasteiger partial charge in [0.25, 0.3) is 5.91 Å². The lowest BCUT2D eigenvalue weighted by Gasteiger charge is -2.27. The molecule has 122 valence electrons. The Labute approximate surface area is 137 Å². The molecule has 1 aromatic carbocycles. The standard InChI is InChI=1S/C16H18FN3O2S/c1-4-16(3,15-18-7-8-23-15)20-14(22)12-9-11(19-10(2)21)5-6-13(12)17/h5-9H,4H2,1-3H3,(H,19,21)(H,20,22)/t16-/m0/s1. The number of amides is 2. The maximum Gasteiger partial charge on any atom is 0.255 e. The second kappa shape index (κ2) is 6.87. The van der Waals surface area contributed by atoms with Gasteiger partial charge in [-0.1, -0.05) is 6.92 Å². The van der Waals surface area contributed by atoms with Gasteiger partial charge in [-0.05, 0) is 31.5 Å². The predicted molar refractivity (Wildman–Crippen MR) is 87.9 cm³/mol. The number of hydrogen-bond acceptors (Lipinski definition) is 4. The zero-order chi connectivity index (χ0) is 17.0. The number of carbonyl (C=O) groups excluding carboxylic acids is 2. The first-order chi connectivity index (χ1) is 10.9. The highest BCUT2D eigenvalue weighted by molar-refractivity contribution is 7.09. The number of nitrogens with one attached hydrogen (secondary N) is 2. The number of anilines is 1. The van der Waals surface area contributed by atoms with Gasteiger partial charge >= 0.3 is 0 Å². The Morgan fingerprint density at radius 1 is 1.39 bits per heavy atom. The molecule has 7 heteroatoms. The van der Waals surface area contributed by atoms with Gasteiger partial charge in [-0.15, -0.1) is 11.3 Å². The van der Waals surface area contributed by atoms with Gasteiger partial charge < -0.3 is 10.6 Å². The number of aromatic nitrogens is 1. The van der Waals surface area contributed by atoms with E-state index in [1.165, 1.54) is 30.4 Å². The van der Waals surface area contributed by atoms with E-state index in [0.717, 1.165) is 11.1 Å². The second-order valence-electron chi connectivity index (χ2n) is 5.35. The largest absolute Gasteiger partial charge is 0.340 e. The molecule has 1 heterocycles. The van der Waals surface area contributed by atoms with Gasteiger partial charge in [-0.3, -0.25) is 9.59 Å². The zero-order valence-corrected chi connectivity index (χ0v) is 14.0. The quantitative estimate of drug-likeness (QED) is 0.881. The number of nitrogens with zero attached hydrogens (tertiary/aromatic N) is 1. The zero-order valence-electron chi connectivity index (χ0n) is 13.1. The van der Waals surface area contributed by atoms with Crippen LogP contribution in [0.15, 0.2) is 29.8 Å². The van der Waals surface area contributed by atoms with Crippen LogP contribution in [-0.2, 0) is 10.3 Å². The van der Waals surface area contributed by atoms with E-state index in [2.05, 4.69) is 15.6 Å². The summed E-state index contributed by atoms with van der Waals surface area (Å²) < 4.78 is 14.0. The molecule has 5 nitrogen and oxygen atoms in total. The molecule has 2 amide bonds. The van der Waals surface area contributed by atoms with Gasteiger partial charge in [0.1, 0.15) is 10.8 Å². The van der Waals surface area contributed by atoms with Gasteiger partial charge in [0, 0.05) is 24.2 Å². The van der Waals surface area contributed by atoms with E-state index < -0.39 is 17.3 Å². The van der Waals surface area contributed by atoms with Crippen molar-refractivity contribution in [3.63, 3.8) is 0 Å². The van der Waals surface area contributed by atoms with Crippen molar-refractivity contribution in [2.75, 3.05) is 5.32 Å². The van der Waals surface area contributed by atoms with Gasteiger partial charge in [0.05, 0.1) is 11.1 Å². The normalized spacial score (nSPS) is 13.2. The highest BCUT2D eigenvalue weighted by Crippen LogP contribution is 2.27. The van der Waals surface area contributed by atoms with Gasteiger partial charge in [0.15, 0.2) is 0 Å². The predicted octanol–water partition coefficient (Wildman–Crippen LogP) is 3.30. The van der Waals surface area contributed by atoms with E-state index in [0.29, 0.717) is 12.1 Å². The molecular formula is C16H18FN3O2S. The molecule has 0 aliphatic heterocycles. The summed E-state index contributed by atoms with van der Waals surface area (Å²) in [5.41, 5.74) is -0.425. The van der Waals surface area contributed by atoms with Crippen LogP contribution in [0.4, 0.5) is 10.1 Å². The maximum absolute atomic E-state index is 14.0. The first-order valence-corrected chi connectivity index (χ1v) is 8.03. The van der Waals surface area contributed by atoms with Crippen LogP contribution in [0.5, 0.6) is 0 Å². The van der Waals surface area contributed by atoms with E-state index >= 15 is 0 Å². The molecule has 2 N–H and O–H groups in total. The molecule has 2 rings (SSSR count). The summed E-state index contributed by atoms with van der Waals surface area (Å²) in [6.07, 6.45) is 2.28. The second-order valence-corrected chi connectivity index (χ2v) is 6.25. The third kappa shape index (κ3) is 3.92. The Morgan fingerprint density at radius 3 is 2.70 bits per heavy atom. The van der Waals surface area contributed by atoms with Crippen molar-refractivity contribution in [1.82, 2.24) is 10.3 Å². The van der Waals surface area contributed by atoms with Crippen LogP contribution >= 0.6 is 11.3 Å².